The maximum Gasteiger partial charge on any atom is 0.347 e. The highest BCUT2D eigenvalue weighted by molar-refractivity contribution is 6.28. The first-order valence-corrected chi connectivity index (χ1v) is 3.24. The van der Waals surface area contributed by atoms with E-state index >= 15 is 0 Å². The summed E-state index contributed by atoms with van der Waals surface area (Å²) >= 11 is 0. The Morgan fingerprint density at radius 2 is 2.17 bits per heavy atom. The lowest BCUT2D eigenvalue weighted by Crippen LogP contribution is -2.59. The summed E-state index contributed by atoms with van der Waals surface area (Å²) in [6, 6.07) is -3.38. The quantitative estimate of drug-likeness (QED) is 0.349. The summed E-state index contributed by atoms with van der Waals surface area (Å²) in [7, 11) is -2.73. The van der Waals surface area contributed by atoms with E-state index < -0.39 is 20.0 Å². The molecule has 0 aromatic heterocycles. The molecule has 8 heteroatoms. The number of hydrogen-bond donors (Lipinski definition) is 0. The molecule has 1 aliphatic heterocycles. The molecule has 1 fully saturated rings. The lowest BCUT2D eigenvalue weighted by molar-refractivity contribution is -0.430. The average Bonchev–Trinajstić information content (AvgIpc) is 1.92. The molecule has 70 valence electrons. The van der Waals surface area contributed by atoms with Gasteiger partial charge in [0.05, 0.1) is 20.5 Å². The van der Waals surface area contributed by atoms with Gasteiger partial charge >= 0.3 is 6.05 Å². The van der Waals surface area contributed by atoms with Crippen LogP contribution >= 0.6 is 0 Å². The summed E-state index contributed by atoms with van der Waals surface area (Å²) in [4.78, 5) is 0. The topological polar surface area (TPSA) is 67.8 Å². The molecule has 0 spiro atoms. The second-order valence-corrected chi connectivity index (χ2v) is 2.21. The zero-order chi connectivity index (χ0) is 9.19. The van der Waals surface area contributed by atoms with Gasteiger partial charge in [0.1, 0.15) is 6.61 Å². The summed E-state index contributed by atoms with van der Waals surface area (Å²) in [5.74, 6) is 0. The molecule has 0 aromatic carbocycles. The molecular formula is C4H6BF2NO4-2. The summed E-state index contributed by atoms with van der Waals surface area (Å²) in [5, 5.41) is 19.8. The van der Waals surface area contributed by atoms with Crippen molar-refractivity contribution in [3.63, 3.8) is 0 Å². The highest BCUT2D eigenvalue weighted by Crippen LogP contribution is 2.23. The Morgan fingerprint density at radius 1 is 1.50 bits per heavy atom. The van der Waals surface area contributed by atoms with Crippen LogP contribution in [0.4, 0.5) is 8.78 Å². The average molecular weight is 181 g/mol. The number of ether oxygens (including phenoxy) is 1. The zero-order valence-corrected chi connectivity index (χ0v) is 6.03. The fraction of sp³-hybridized carbons (Fsp3) is 1.00. The SMILES string of the molecule is [O-]B([O-])ON1CCOCC1(F)F. The molecule has 1 rings (SSSR count). The van der Waals surface area contributed by atoms with Gasteiger partial charge in [-0.25, -0.2) is 0 Å². The zero-order valence-electron chi connectivity index (χ0n) is 6.03. The normalized spacial score (nSPS) is 24.0. The molecule has 0 radical (unpaired) electrons. The van der Waals surface area contributed by atoms with Gasteiger partial charge in [0.25, 0.3) is 0 Å². The van der Waals surface area contributed by atoms with E-state index in [9.17, 15) is 18.8 Å². The van der Waals surface area contributed by atoms with Crippen molar-refractivity contribution in [1.29, 1.82) is 0 Å². The van der Waals surface area contributed by atoms with Crippen LogP contribution in [0.3, 0.4) is 0 Å². The third kappa shape index (κ3) is 2.36. The van der Waals surface area contributed by atoms with E-state index in [0.29, 0.717) is 0 Å². The third-order valence-corrected chi connectivity index (χ3v) is 1.29. The van der Waals surface area contributed by atoms with Crippen molar-refractivity contribution in [2.24, 2.45) is 0 Å². The smallest absolute Gasteiger partial charge is 0.347 e. The van der Waals surface area contributed by atoms with E-state index in [0.717, 1.165) is 0 Å². The lowest BCUT2D eigenvalue weighted by Gasteiger charge is -2.40. The minimum absolute atomic E-state index is 0.0162. The van der Waals surface area contributed by atoms with E-state index in [2.05, 4.69) is 9.49 Å². The molecule has 1 heterocycles. The van der Waals surface area contributed by atoms with Crippen LogP contribution in [-0.4, -0.2) is 38.2 Å². The summed E-state index contributed by atoms with van der Waals surface area (Å²) in [6.07, 6.45) is 0. The predicted octanol–water partition coefficient (Wildman–Crippen LogP) is -2.45. The van der Waals surface area contributed by atoms with Crippen molar-refractivity contribution in [1.82, 2.24) is 5.06 Å². The highest BCUT2D eigenvalue weighted by Gasteiger charge is 2.40. The van der Waals surface area contributed by atoms with Crippen LogP contribution in [0.15, 0.2) is 0 Å². The second-order valence-electron chi connectivity index (χ2n) is 2.21. The molecule has 0 saturated carbocycles. The van der Waals surface area contributed by atoms with Crippen LogP contribution in [0.25, 0.3) is 0 Å². The van der Waals surface area contributed by atoms with Crippen LogP contribution in [0, 0.1) is 0 Å². The van der Waals surface area contributed by atoms with E-state index in [1.54, 1.807) is 0 Å². The summed E-state index contributed by atoms with van der Waals surface area (Å²) < 4.78 is 33.5. The Hall–Kier alpha value is -0.275. The molecule has 0 unspecified atom stereocenters. The Labute approximate surface area is 67.6 Å². The second kappa shape index (κ2) is 3.63. The van der Waals surface area contributed by atoms with Gasteiger partial charge in [-0.2, -0.15) is 8.78 Å². The lowest BCUT2D eigenvalue weighted by atomic mass is 10.3. The van der Waals surface area contributed by atoms with Crippen molar-refractivity contribution in [2.45, 2.75) is 6.05 Å². The minimum Gasteiger partial charge on any atom is -0.869 e. The van der Waals surface area contributed by atoms with E-state index in [-0.39, 0.29) is 18.2 Å². The molecule has 5 nitrogen and oxygen atoms in total. The van der Waals surface area contributed by atoms with Gasteiger partial charge in [0, 0.05) is 0 Å². The molecule has 1 aliphatic rings. The minimum atomic E-state index is -3.38. The molecule has 0 atom stereocenters. The summed E-state index contributed by atoms with van der Waals surface area (Å²) in [5.41, 5.74) is 0. The van der Waals surface area contributed by atoms with Gasteiger partial charge in [0.15, 0.2) is 0 Å². The number of morpholine rings is 1. The highest BCUT2D eigenvalue weighted by atomic mass is 19.3. The van der Waals surface area contributed by atoms with Gasteiger partial charge in [-0.15, -0.1) is 5.06 Å². The van der Waals surface area contributed by atoms with Gasteiger partial charge < -0.3 is 19.5 Å². The number of nitrogens with zero attached hydrogens (tertiary/aromatic N) is 1. The van der Waals surface area contributed by atoms with E-state index in [1.165, 1.54) is 0 Å². The molecule has 0 N–H and O–H groups in total. The number of halogens is 2. The molecule has 0 amide bonds. The first-order valence-electron chi connectivity index (χ1n) is 3.24. The van der Waals surface area contributed by atoms with Crippen molar-refractivity contribution in [2.75, 3.05) is 19.8 Å². The number of alkyl halides is 2. The Bertz CT molecular complexity index is 158. The molecule has 1 saturated heterocycles. The molecular weight excluding hydrogens is 175 g/mol. The fourth-order valence-corrected chi connectivity index (χ4v) is 0.812. The van der Waals surface area contributed by atoms with Crippen molar-refractivity contribution in [3.05, 3.63) is 0 Å². The van der Waals surface area contributed by atoms with Gasteiger partial charge in [0.2, 0.25) is 0 Å². The Balaban J connectivity index is 2.48. The maximum atomic E-state index is 12.6. The Kier molecular flexibility index (Phi) is 2.96. The van der Waals surface area contributed by atoms with Gasteiger partial charge in [-0.1, -0.05) is 0 Å². The van der Waals surface area contributed by atoms with E-state index in [4.69, 9.17) is 0 Å². The summed E-state index contributed by atoms with van der Waals surface area (Å²) in [6.45, 7) is -1.13. The third-order valence-electron chi connectivity index (χ3n) is 1.29. The van der Waals surface area contributed by atoms with Crippen molar-refractivity contribution >= 4 is 7.32 Å². The Morgan fingerprint density at radius 3 is 2.67 bits per heavy atom. The van der Waals surface area contributed by atoms with Crippen LogP contribution < -0.4 is 10.0 Å². The van der Waals surface area contributed by atoms with Crippen LogP contribution in [0.1, 0.15) is 0 Å². The number of hydroxylamine groups is 2. The maximum absolute atomic E-state index is 12.6. The van der Waals surface area contributed by atoms with Crippen LogP contribution in [-0.2, 0) is 9.49 Å². The van der Waals surface area contributed by atoms with Crippen LogP contribution in [0.5, 0.6) is 0 Å². The molecule has 0 bridgehead atoms. The molecule has 0 aliphatic carbocycles. The number of hydrogen-bond acceptors (Lipinski definition) is 5. The van der Waals surface area contributed by atoms with Gasteiger partial charge in [-0.3, -0.25) is 0 Å². The van der Waals surface area contributed by atoms with Crippen molar-refractivity contribution < 1.29 is 28.3 Å². The monoisotopic (exact) mass is 181 g/mol. The van der Waals surface area contributed by atoms with Crippen molar-refractivity contribution in [3.8, 4) is 0 Å². The standard InChI is InChI=1S/C4H6BF2NO4/c6-4(7)3-11-2-1-8(4)12-5(9)10/h1-3H2/q-2. The first kappa shape index (κ1) is 9.81. The molecule has 12 heavy (non-hydrogen) atoms. The largest absolute Gasteiger partial charge is 0.869 e. The van der Waals surface area contributed by atoms with Crippen LogP contribution in [0.2, 0.25) is 0 Å². The molecule has 0 aromatic rings. The predicted molar refractivity (Wildman–Crippen MR) is 29.3 cm³/mol. The van der Waals surface area contributed by atoms with Gasteiger partial charge in [-0.05, 0) is 0 Å². The first-order chi connectivity index (χ1) is 5.52. The number of rotatable bonds is 2. The van der Waals surface area contributed by atoms with E-state index in [1.807, 2.05) is 0 Å². The fourth-order valence-electron chi connectivity index (χ4n) is 0.812.